The fourth-order valence-electron chi connectivity index (χ4n) is 3.76. The standard InChI is InChI=1S/C24H22ClFN2O4/c25-20-9-18(21(26)10-19(20)24(30)31)14-4-6-23-15(8-14)3-5-17(32-23)12-28-13-22(29)16-2-1-7-27-11-16/h1-2,4,6-11,17,22,28-29H,3,5,12-13H2,(H,30,31)/t17-,22+/m1/s1. The van der Waals surface area contributed by atoms with Crippen molar-refractivity contribution in [2.45, 2.75) is 25.0 Å². The third-order valence-electron chi connectivity index (χ3n) is 5.47. The van der Waals surface area contributed by atoms with Gasteiger partial charge in [0.15, 0.2) is 0 Å². The fraction of sp³-hybridized carbons (Fsp3) is 0.250. The summed E-state index contributed by atoms with van der Waals surface area (Å²) in [6.45, 7) is 0.975. The lowest BCUT2D eigenvalue weighted by Gasteiger charge is -2.27. The highest BCUT2D eigenvalue weighted by Gasteiger charge is 2.22. The minimum Gasteiger partial charge on any atom is -0.489 e. The van der Waals surface area contributed by atoms with Crippen LogP contribution in [0, 0.1) is 5.82 Å². The smallest absolute Gasteiger partial charge is 0.337 e. The molecule has 0 fully saturated rings. The van der Waals surface area contributed by atoms with E-state index >= 15 is 0 Å². The first kappa shape index (κ1) is 22.2. The summed E-state index contributed by atoms with van der Waals surface area (Å²) >= 11 is 6.02. The maximum absolute atomic E-state index is 14.5. The summed E-state index contributed by atoms with van der Waals surface area (Å²) in [6, 6.07) is 11.3. The molecule has 8 heteroatoms. The zero-order valence-electron chi connectivity index (χ0n) is 17.1. The van der Waals surface area contributed by atoms with E-state index in [1.54, 1.807) is 30.6 Å². The molecule has 6 nitrogen and oxygen atoms in total. The summed E-state index contributed by atoms with van der Waals surface area (Å²) in [7, 11) is 0. The molecule has 0 radical (unpaired) electrons. The van der Waals surface area contributed by atoms with E-state index in [4.69, 9.17) is 21.4 Å². The zero-order chi connectivity index (χ0) is 22.7. The number of ether oxygens (including phenoxy) is 1. The minimum absolute atomic E-state index is 0.0116. The zero-order valence-corrected chi connectivity index (χ0v) is 17.8. The maximum atomic E-state index is 14.5. The van der Waals surface area contributed by atoms with Crippen molar-refractivity contribution >= 4 is 17.6 Å². The van der Waals surface area contributed by atoms with Gasteiger partial charge in [-0.15, -0.1) is 0 Å². The van der Waals surface area contributed by atoms with Crippen LogP contribution in [0.1, 0.15) is 34.0 Å². The number of aryl methyl sites for hydroxylation is 1. The molecule has 1 aliphatic rings. The van der Waals surface area contributed by atoms with Crippen molar-refractivity contribution in [3.05, 3.63) is 82.4 Å². The summed E-state index contributed by atoms with van der Waals surface area (Å²) in [4.78, 5) is 15.1. The number of halogens is 2. The molecule has 1 aliphatic heterocycles. The van der Waals surface area contributed by atoms with Gasteiger partial charge >= 0.3 is 5.97 Å². The van der Waals surface area contributed by atoms with Crippen LogP contribution in [-0.2, 0) is 6.42 Å². The second-order valence-corrected chi connectivity index (χ2v) is 8.09. The van der Waals surface area contributed by atoms with Crippen LogP contribution < -0.4 is 10.1 Å². The van der Waals surface area contributed by atoms with Crippen LogP contribution in [0.25, 0.3) is 11.1 Å². The molecule has 1 aromatic heterocycles. The number of nitrogens with one attached hydrogen (secondary N) is 1. The SMILES string of the molecule is O=C(O)c1cc(F)c(-c2ccc3c(c2)CC[C@H](CNC[C@H](O)c2cccnc2)O3)cc1Cl. The lowest BCUT2D eigenvalue weighted by Crippen LogP contribution is -2.36. The fourth-order valence-corrected chi connectivity index (χ4v) is 4.00. The van der Waals surface area contributed by atoms with E-state index in [2.05, 4.69) is 10.3 Å². The number of aromatic carboxylic acids is 1. The van der Waals surface area contributed by atoms with Gasteiger partial charge in [-0.3, -0.25) is 4.98 Å². The Kier molecular flexibility index (Phi) is 6.69. The average molecular weight is 457 g/mol. The number of hydrogen-bond acceptors (Lipinski definition) is 5. The van der Waals surface area contributed by atoms with Crippen LogP contribution in [0.15, 0.2) is 54.9 Å². The Morgan fingerprint density at radius 2 is 2.16 bits per heavy atom. The lowest BCUT2D eigenvalue weighted by atomic mass is 9.96. The largest absolute Gasteiger partial charge is 0.489 e. The van der Waals surface area contributed by atoms with Gasteiger partial charge in [-0.25, -0.2) is 9.18 Å². The molecule has 3 N–H and O–H groups in total. The molecule has 0 saturated carbocycles. The molecule has 2 aromatic carbocycles. The first-order valence-corrected chi connectivity index (χ1v) is 10.6. The topological polar surface area (TPSA) is 91.7 Å². The van der Waals surface area contributed by atoms with E-state index in [0.717, 1.165) is 35.8 Å². The molecule has 4 rings (SSSR count). The number of hydrogen-bond donors (Lipinski definition) is 3. The van der Waals surface area contributed by atoms with Crippen LogP contribution in [0.2, 0.25) is 5.02 Å². The van der Waals surface area contributed by atoms with E-state index < -0.39 is 17.9 Å². The van der Waals surface area contributed by atoms with Crippen LogP contribution in [-0.4, -0.2) is 40.4 Å². The third kappa shape index (κ3) is 4.91. The van der Waals surface area contributed by atoms with Crippen molar-refractivity contribution in [2.75, 3.05) is 13.1 Å². The van der Waals surface area contributed by atoms with Crippen molar-refractivity contribution in [3.63, 3.8) is 0 Å². The van der Waals surface area contributed by atoms with Crippen molar-refractivity contribution in [2.24, 2.45) is 0 Å². The Labute approximate surface area is 189 Å². The highest BCUT2D eigenvalue weighted by Crippen LogP contribution is 2.34. The predicted octanol–water partition coefficient (Wildman–Crippen LogP) is 4.26. The van der Waals surface area contributed by atoms with Gasteiger partial charge in [0.1, 0.15) is 17.7 Å². The summed E-state index contributed by atoms with van der Waals surface area (Å²) in [5.41, 5.74) is 2.30. The number of benzene rings is 2. The monoisotopic (exact) mass is 456 g/mol. The van der Waals surface area contributed by atoms with E-state index in [1.165, 1.54) is 6.07 Å². The van der Waals surface area contributed by atoms with Crippen molar-refractivity contribution in [1.82, 2.24) is 10.3 Å². The summed E-state index contributed by atoms with van der Waals surface area (Å²) in [5.74, 6) is -1.18. The highest BCUT2D eigenvalue weighted by molar-refractivity contribution is 6.33. The number of carbonyl (C=O) groups is 1. The summed E-state index contributed by atoms with van der Waals surface area (Å²) < 4.78 is 20.6. The first-order chi connectivity index (χ1) is 15.4. The maximum Gasteiger partial charge on any atom is 0.337 e. The molecule has 0 unspecified atom stereocenters. The number of aliphatic hydroxyl groups is 1. The summed E-state index contributed by atoms with van der Waals surface area (Å²) in [5, 5.41) is 22.5. The molecule has 0 saturated heterocycles. The molecule has 32 heavy (non-hydrogen) atoms. The number of carboxylic acid groups (broad SMARTS) is 1. The van der Waals surface area contributed by atoms with Gasteiger partial charge in [0.05, 0.1) is 16.7 Å². The quantitative estimate of drug-likeness (QED) is 0.492. The molecule has 166 valence electrons. The number of pyridine rings is 1. The molecular formula is C24H22ClFN2O4. The Morgan fingerprint density at radius 3 is 2.91 bits per heavy atom. The van der Waals surface area contributed by atoms with Gasteiger partial charge in [-0.05, 0) is 54.3 Å². The molecule has 0 spiro atoms. The number of aliphatic hydroxyl groups excluding tert-OH is 1. The predicted molar refractivity (Wildman–Crippen MR) is 119 cm³/mol. The Morgan fingerprint density at radius 1 is 1.31 bits per heavy atom. The molecular weight excluding hydrogens is 435 g/mol. The van der Waals surface area contributed by atoms with E-state index in [9.17, 15) is 14.3 Å². The van der Waals surface area contributed by atoms with Gasteiger partial charge in [-0.2, -0.15) is 0 Å². The highest BCUT2D eigenvalue weighted by atomic mass is 35.5. The number of fused-ring (bicyclic) bond motifs is 1. The van der Waals surface area contributed by atoms with Crippen LogP contribution in [0.3, 0.4) is 0 Å². The second-order valence-electron chi connectivity index (χ2n) is 7.68. The van der Waals surface area contributed by atoms with E-state index in [1.807, 2.05) is 12.1 Å². The Bertz CT molecular complexity index is 1130. The van der Waals surface area contributed by atoms with Crippen molar-refractivity contribution < 1.29 is 24.1 Å². The third-order valence-corrected chi connectivity index (χ3v) is 5.78. The van der Waals surface area contributed by atoms with E-state index in [-0.39, 0.29) is 22.3 Å². The molecule has 0 amide bonds. The van der Waals surface area contributed by atoms with Crippen LogP contribution in [0.4, 0.5) is 4.39 Å². The molecule has 0 aliphatic carbocycles. The average Bonchev–Trinajstić information content (AvgIpc) is 2.80. The van der Waals surface area contributed by atoms with Gasteiger partial charge in [0.25, 0.3) is 0 Å². The number of nitrogens with zero attached hydrogens (tertiary/aromatic N) is 1. The van der Waals surface area contributed by atoms with E-state index in [0.29, 0.717) is 18.7 Å². The minimum atomic E-state index is -1.27. The number of aromatic nitrogens is 1. The van der Waals surface area contributed by atoms with Crippen molar-refractivity contribution in [3.8, 4) is 16.9 Å². The lowest BCUT2D eigenvalue weighted by molar-refractivity contribution is 0.0696. The summed E-state index contributed by atoms with van der Waals surface area (Å²) in [6.07, 6.45) is 4.14. The Balaban J connectivity index is 1.40. The first-order valence-electron chi connectivity index (χ1n) is 10.2. The van der Waals surface area contributed by atoms with Gasteiger partial charge in [0, 0.05) is 36.6 Å². The number of rotatable bonds is 7. The van der Waals surface area contributed by atoms with Gasteiger partial charge in [-0.1, -0.05) is 23.7 Å². The molecule has 2 atom stereocenters. The molecule has 0 bridgehead atoms. The van der Waals surface area contributed by atoms with Crippen LogP contribution in [0.5, 0.6) is 5.75 Å². The van der Waals surface area contributed by atoms with Gasteiger partial charge in [0.2, 0.25) is 0 Å². The number of carboxylic acids is 1. The van der Waals surface area contributed by atoms with Crippen LogP contribution >= 0.6 is 11.6 Å². The Hall–Kier alpha value is -3.00. The van der Waals surface area contributed by atoms with Crippen molar-refractivity contribution in [1.29, 1.82) is 0 Å². The normalized spacial score (nSPS) is 16.2. The molecule has 3 aromatic rings. The van der Waals surface area contributed by atoms with Gasteiger partial charge < -0.3 is 20.3 Å². The molecule has 2 heterocycles. The second kappa shape index (κ2) is 9.65.